The van der Waals surface area contributed by atoms with Crippen LogP contribution in [-0.4, -0.2) is 4.98 Å². The molecule has 74 valence electrons. The maximum absolute atomic E-state index is 5.37. The van der Waals surface area contributed by atoms with Gasteiger partial charge in [-0.2, -0.15) is 0 Å². The smallest absolute Gasteiger partial charge is 0.181 e. The van der Waals surface area contributed by atoms with Gasteiger partial charge in [0, 0.05) is 5.56 Å². The molecule has 1 aromatic carbocycles. The molecule has 0 radical (unpaired) electrons. The van der Waals surface area contributed by atoms with Crippen LogP contribution in [0.3, 0.4) is 0 Å². The predicted molar refractivity (Wildman–Crippen MR) is 59.1 cm³/mol. The number of hydrogen-bond donors (Lipinski definition) is 0. The van der Waals surface area contributed by atoms with Crippen LogP contribution in [0, 0.1) is 11.8 Å². The topological polar surface area (TPSA) is 26.0 Å². The van der Waals surface area contributed by atoms with Gasteiger partial charge in [-0.05, 0) is 6.92 Å². The Labute approximate surface area is 89.0 Å². The number of hydrogen-bond acceptors (Lipinski definition) is 2. The Kier molecular flexibility index (Phi) is 2.85. The molecule has 2 nitrogen and oxygen atoms in total. The number of rotatable bonds is 2. The van der Waals surface area contributed by atoms with Gasteiger partial charge in [-0.3, -0.25) is 0 Å². The largest absolute Gasteiger partial charge is 0.443 e. The molecule has 2 aromatic rings. The van der Waals surface area contributed by atoms with Crippen LogP contribution in [-0.2, 0) is 6.42 Å². The molecule has 2 rings (SSSR count). The molecule has 0 bridgehead atoms. The molecule has 0 spiro atoms. The van der Waals surface area contributed by atoms with Gasteiger partial charge in [-0.15, -0.1) is 5.92 Å². The first-order valence-electron chi connectivity index (χ1n) is 4.79. The number of benzene rings is 1. The summed E-state index contributed by atoms with van der Waals surface area (Å²) in [5.41, 5.74) is 1.94. The third kappa shape index (κ3) is 2.08. The van der Waals surface area contributed by atoms with E-state index in [0.717, 1.165) is 17.0 Å². The van der Waals surface area contributed by atoms with Gasteiger partial charge in [0.1, 0.15) is 0 Å². The van der Waals surface area contributed by atoms with Crippen molar-refractivity contribution >= 4 is 0 Å². The Hall–Kier alpha value is -2.01. The lowest BCUT2D eigenvalue weighted by Crippen LogP contribution is -1.85. The highest BCUT2D eigenvalue weighted by Crippen LogP contribution is 2.22. The first-order chi connectivity index (χ1) is 7.42. The summed E-state index contributed by atoms with van der Waals surface area (Å²) < 4.78 is 5.37. The van der Waals surface area contributed by atoms with Crippen LogP contribution in [0.2, 0.25) is 0 Å². The molecule has 0 amide bonds. The van der Waals surface area contributed by atoms with Crippen LogP contribution < -0.4 is 0 Å². The molecular weight excluding hydrogens is 186 g/mol. The van der Waals surface area contributed by atoms with Crippen LogP contribution in [0.5, 0.6) is 0 Å². The quantitative estimate of drug-likeness (QED) is 0.692. The zero-order valence-electron chi connectivity index (χ0n) is 8.53. The molecule has 0 atom stereocenters. The number of nitrogens with zero attached hydrogens (tertiary/aromatic N) is 1. The Bertz CT molecular complexity index is 488. The molecule has 2 heteroatoms. The molecule has 0 aliphatic heterocycles. The lowest BCUT2D eigenvalue weighted by Gasteiger charge is -1.97. The van der Waals surface area contributed by atoms with Crippen molar-refractivity contribution in [3.05, 3.63) is 42.4 Å². The fourth-order valence-electron chi connectivity index (χ4n) is 1.39. The van der Waals surface area contributed by atoms with Crippen molar-refractivity contribution in [1.82, 2.24) is 4.98 Å². The fraction of sp³-hybridized carbons (Fsp3) is 0.154. The Morgan fingerprint density at radius 1 is 1.27 bits per heavy atom. The van der Waals surface area contributed by atoms with Crippen molar-refractivity contribution in [3.8, 4) is 23.2 Å². The van der Waals surface area contributed by atoms with Crippen molar-refractivity contribution in [2.75, 3.05) is 0 Å². The highest BCUT2D eigenvalue weighted by atomic mass is 16.3. The van der Waals surface area contributed by atoms with E-state index in [2.05, 4.69) is 16.8 Å². The summed E-state index contributed by atoms with van der Waals surface area (Å²) in [6, 6.07) is 9.94. The van der Waals surface area contributed by atoms with E-state index in [9.17, 15) is 0 Å². The molecule has 0 aliphatic rings. The minimum Gasteiger partial charge on any atom is -0.443 e. The van der Waals surface area contributed by atoms with Crippen LogP contribution in [0.15, 0.2) is 41.1 Å². The summed E-state index contributed by atoms with van der Waals surface area (Å²) >= 11 is 0. The summed E-state index contributed by atoms with van der Waals surface area (Å²) in [6.45, 7) is 1.82. The molecule has 0 saturated carbocycles. The molecule has 1 aromatic heterocycles. The molecular formula is C13H11NO. The normalized spacial score (nSPS) is 9.40. The molecule has 0 aliphatic carbocycles. The van der Waals surface area contributed by atoms with E-state index in [4.69, 9.17) is 4.42 Å². The second-order valence-electron chi connectivity index (χ2n) is 3.10. The van der Waals surface area contributed by atoms with Crippen molar-refractivity contribution in [3.63, 3.8) is 0 Å². The van der Waals surface area contributed by atoms with E-state index < -0.39 is 0 Å². The molecule has 1 heterocycles. The van der Waals surface area contributed by atoms with Gasteiger partial charge in [-0.25, -0.2) is 4.98 Å². The van der Waals surface area contributed by atoms with Gasteiger partial charge >= 0.3 is 0 Å². The van der Waals surface area contributed by atoms with E-state index >= 15 is 0 Å². The van der Waals surface area contributed by atoms with Crippen LogP contribution in [0.1, 0.15) is 12.6 Å². The Balaban J connectivity index is 2.35. The van der Waals surface area contributed by atoms with Crippen LogP contribution in [0.25, 0.3) is 11.3 Å². The van der Waals surface area contributed by atoms with Crippen molar-refractivity contribution in [2.45, 2.75) is 13.3 Å². The second kappa shape index (κ2) is 4.47. The first kappa shape index (κ1) is 9.54. The summed E-state index contributed by atoms with van der Waals surface area (Å²) in [4.78, 5) is 4.16. The van der Waals surface area contributed by atoms with Crippen LogP contribution >= 0.6 is 0 Å². The van der Waals surface area contributed by atoms with E-state index in [-0.39, 0.29) is 0 Å². The average molecular weight is 197 g/mol. The molecule has 15 heavy (non-hydrogen) atoms. The number of oxazole rings is 1. The van der Waals surface area contributed by atoms with Gasteiger partial charge in [0.05, 0.1) is 12.1 Å². The number of aromatic nitrogens is 1. The van der Waals surface area contributed by atoms with E-state index in [1.807, 2.05) is 37.3 Å². The molecule has 0 unspecified atom stereocenters. The third-order valence-corrected chi connectivity index (χ3v) is 2.11. The zero-order chi connectivity index (χ0) is 10.5. The highest BCUT2D eigenvalue weighted by molar-refractivity contribution is 5.59. The monoisotopic (exact) mass is 197 g/mol. The minimum atomic E-state index is 0.636. The van der Waals surface area contributed by atoms with Crippen molar-refractivity contribution in [1.29, 1.82) is 0 Å². The minimum absolute atomic E-state index is 0.636. The van der Waals surface area contributed by atoms with Gasteiger partial charge < -0.3 is 4.42 Å². The summed E-state index contributed by atoms with van der Waals surface area (Å²) in [5, 5.41) is 0. The summed E-state index contributed by atoms with van der Waals surface area (Å²) in [5.74, 6) is 6.66. The zero-order valence-corrected chi connectivity index (χ0v) is 8.53. The lowest BCUT2D eigenvalue weighted by atomic mass is 10.1. The van der Waals surface area contributed by atoms with Gasteiger partial charge in [0.15, 0.2) is 12.2 Å². The Morgan fingerprint density at radius 3 is 2.80 bits per heavy atom. The highest BCUT2D eigenvalue weighted by Gasteiger charge is 2.08. The van der Waals surface area contributed by atoms with E-state index in [0.29, 0.717) is 6.42 Å². The molecule has 0 saturated heterocycles. The summed E-state index contributed by atoms with van der Waals surface area (Å²) in [6.07, 6.45) is 2.10. The van der Waals surface area contributed by atoms with E-state index in [1.54, 1.807) is 0 Å². The second-order valence-corrected chi connectivity index (χ2v) is 3.10. The average Bonchev–Trinajstić information content (AvgIpc) is 2.75. The fourth-order valence-corrected chi connectivity index (χ4v) is 1.39. The SMILES string of the molecule is CC#CCc1ncoc1-c1ccccc1. The van der Waals surface area contributed by atoms with E-state index in [1.165, 1.54) is 6.39 Å². The van der Waals surface area contributed by atoms with Crippen LogP contribution in [0.4, 0.5) is 0 Å². The van der Waals surface area contributed by atoms with Gasteiger partial charge in [0.2, 0.25) is 0 Å². The van der Waals surface area contributed by atoms with Crippen molar-refractivity contribution in [2.24, 2.45) is 0 Å². The third-order valence-electron chi connectivity index (χ3n) is 2.11. The Morgan fingerprint density at radius 2 is 2.07 bits per heavy atom. The predicted octanol–water partition coefficient (Wildman–Crippen LogP) is 2.91. The maximum Gasteiger partial charge on any atom is 0.181 e. The summed E-state index contributed by atoms with van der Waals surface area (Å²) in [7, 11) is 0. The maximum atomic E-state index is 5.37. The van der Waals surface area contributed by atoms with Gasteiger partial charge in [0.25, 0.3) is 0 Å². The first-order valence-corrected chi connectivity index (χ1v) is 4.79. The van der Waals surface area contributed by atoms with Crippen molar-refractivity contribution < 1.29 is 4.42 Å². The van der Waals surface area contributed by atoms with Gasteiger partial charge in [-0.1, -0.05) is 36.3 Å². The molecule has 0 fully saturated rings. The lowest BCUT2D eigenvalue weighted by molar-refractivity contribution is 0.571. The standard InChI is InChI=1S/C13H11NO/c1-2-3-9-12-13(15-10-14-12)11-7-5-4-6-8-11/h4-8,10H,9H2,1H3. The molecule has 0 N–H and O–H groups in total.